The van der Waals surface area contributed by atoms with Crippen molar-refractivity contribution in [3.63, 3.8) is 0 Å². The minimum atomic E-state index is -0.794. The lowest BCUT2D eigenvalue weighted by Crippen LogP contribution is -2.30. The van der Waals surface area contributed by atoms with Crippen LogP contribution in [0.2, 0.25) is 0 Å². The van der Waals surface area contributed by atoms with Crippen LogP contribution in [0.4, 0.5) is 0 Å². The molecule has 362 valence electrons. The molecule has 0 saturated carbocycles. The predicted octanol–water partition coefficient (Wildman–Crippen LogP) is 17.4. The molecular weight excluding hydrogens is 781 g/mol. The second-order valence-electron chi connectivity index (χ2n) is 17.4. The molecule has 63 heavy (non-hydrogen) atoms. The van der Waals surface area contributed by atoms with Crippen molar-refractivity contribution in [2.75, 3.05) is 13.2 Å². The van der Waals surface area contributed by atoms with E-state index in [-0.39, 0.29) is 31.1 Å². The van der Waals surface area contributed by atoms with Crippen LogP contribution in [0.3, 0.4) is 0 Å². The van der Waals surface area contributed by atoms with Crippen LogP contribution in [0.25, 0.3) is 0 Å². The van der Waals surface area contributed by atoms with Gasteiger partial charge in [-0.3, -0.25) is 14.4 Å². The van der Waals surface area contributed by atoms with Gasteiger partial charge in [0.2, 0.25) is 0 Å². The number of hydrogen-bond donors (Lipinski definition) is 0. The first-order valence-corrected chi connectivity index (χ1v) is 26.4. The van der Waals surface area contributed by atoms with Crippen molar-refractivity contribution in [2.45, 2.75) is 258 Å². The van der Waals surface area contributed by atoms with Crippen LogP contribution in [0, 0.1) is 0 Å². The van der Waals surface area contributed by atoms with E-state index in [4.69, 9.17) is 14.2 Å². The fourth-order valence-corrected chi connectivity index (χ4v) is 7.29. The topological polar surface area (TPSA) is 78.9 Å². The highest BCUT2D eigenvalue weighted by Crippen LogP contribution is 2.15. The van der Waals surface area contributed by atoms with E-state index in [9.17, 15) is 14.4 Å². The van der Waals surface area contributed by atoms with Gasteiger partial charge in [-0.25, -0.2) is 0 Å². The Morgan fingerprint density at radius 2 is 0.619 bits per heavy atom. The minimum Gasteiger partial charge on any atom is -0.462 e. The fraction of sp³-hybridized carbons (Fsp3) is 0.737. The van der Waals surface area contributed by atoms with Crippen LogP contribution in [0.5, 0.6) is 0 Å². The summed E-state index contributed by atoms with van der Waals surface area (Å²) in [6.45, 7) is 6.38. The summed E-state index contributed by atoms with van der Waals surface area (Å²) in [6.07, 6.45) is 64.6. The van der Waals surface area contributed by atoms with E-state index in [1.807, 2.05) is 0 Å². The maximum absolute atomic E-state index is 12.8. The average molecular weight is 879 g/mol. The molecule has 0 rings (SSSR count). The van der Waals surface area contributed by atoms with Gasteiger partial charge in [0.1, 0.15) is 13.2 Å². The minimum absolute atomic E-state index is 0.0903. The number of carbonyl (C=O) groups is 3. The summed E-state index contributed by atoms with van der Waals surface area (Å²) in [5, 5.41) is 0. The average Bonchev–Trinajstić information content (AvgIpc) is 3.28. The van der Waals surface area contributed by atoms with Gasteiger partial charge in [-0.1, -0.05) is 222 Å². The molecule has 0 fully saturated rings. The van der Waals surface area contributed by atoms with E-state index < -0.39 is 6.10 Å². The highest BCUT2D eigenvalue weighted by molar-refractivity contribution is 5.71. The third kappa shape index (κ3) is 49.7. The molecule has 0 aliphatic heterocycles. The first kappa shape index (κ1) is 59.9. The molecule has 0 amide bonds. The van der Waals surface area contributed by atoms with Gasteiger partial charge >= 0.3 is 17.9 Å². The summed E-state index contributed by atoms with van der Waals surface area (Å²) in [5.74, 6) is -0.934. The Bertz CT molecular complexity index is 1190. The zero-order chi connectivity index (χ0) is 45.8. The van der Waals surface area contributed by atoms with Gasteiger partial charge in [0.25, 0.3) is 0 Å². The van der Waals surface area contributed by atoms with E-state index in [1.165, 1.54) is 89.9 Å². The molecule has 0 spiro atoms. The van der Waals surface area contributed by atoms with Crippen molar-refractivity contribution < 1.29 is 28.6 Å². The maximum atomic E-state index is 12.8. The molecular formula is C57H98O6. The van der Waals surface area contributed by atoms with Crippen LogP contribution in [0.1, 0.15) is 252 Å². The van der Waals surface area contributed by atoms with Gasteiger partial charge in [0.05, 0.1) is 0 Å². The third-order valence-corrected chi connectivity index (χ3v) is 11.2. The highest BCUT2D eigenvalue weighted by atomic mass is 16.6. The zero-order valence-electron chi connectivity index (χ0n) is 41.3. The van der Waals surface area contributed by atoms with E-state index in [2.05, 4.69) is 93.7 Å². The summed E-state index contributed by atoms with van der Waals surface area (Å²) in [6, 6.07) is 0. The van der Waals surface area contributed by atoms with Crippen LogP contribution >= 0.6 is 0 Å². The Morgan fingerprint density at radius 3 is 0.984 bits per heavy atom. The van der Waals surface area contributed by atoms with Crippen molar-refractivity contribution in [1.82, 2.24) is 0 Å². The summed E-state index contributed by atoms with van der Waals surface area (Å²) in [7, 11) is 0. The molecule has 0 aromatic heterocycles. The molecule has 0 bridgehead atoms. The number of allylic oxidation sites excluding steroid dienone is 12. The summed E-state index contributed by atoms with van der Waals surface area (Å²) < 4.78 is 16.8. The number of unbranched alkanes of at least 4 members (excludes halogenated alkanes) is 24. The van der Waals surface area contributed by atoms with Crippen molar-refractivity contribution in [3.05, 3.63) is 72.9 Å². The fourth-order valence-electron chi connectivity index (χ4n) is 7.29. The number of ether oxygens (including phenoxy) is 3. The SMILES string of the molecule is CC/C=C\C/C=C\C/C=C\CCCCCCCC(=O)OC(COC(=O)CCCCC/C=C\C/C=C\C/C=C\CC)COC(=O)CCCCCCCCCCCCCCCCCCC. The second-order valence-corrected chi connectivity index (χ2v) is 17.4. The Labute approximate surface area is 389 Å². The molecule has 0 aliphatic carbocycles. The Kier molecular flexibility index (Phi) is 48.9. The van der Waals surface area contributed by atoms with Crippen molar-refractivity contribution in [3.8, 4) is 0 Å². The lowest BCUT2D eigenvalue weighted by Gasteiger charge is -2.18. The van der Waals surface area contributed by atoms with Crippen molar-refractivity contribution >= 4 is 17.9 Å². The Morgan fingerprint density at radius 1 is 0.333 bits per heavy atom. The second kappa shape index (κ2) is 51.5. The lowest BCUT2D eigenvalue weighted by atomic mass is 10.0. The first-order chi connectivity index (χ1) is 31.0. The number of esters is 3. The van der Waals surface area contributed by atoms with Crippen LogP contribution < -0.4 is 0 Å². The van der Waals surface area contributed by atoms with Gasteiger partial charge in [-0.05, 0) is 83.5 Å². The number of hydrogen-bond acceptors (Lipinski definition) is 6. The number of carbonyl (C=O) groups excluding carboxylic acids is 3. The highest BCUT2D eigenvalue weighted by Gasteiger charge is 2.19. The molecule has 6 nitrogen and oxygen atoms in total. The quantitative estimate of drug-likeness (QED) is 0.0262. The molecule has 0 radical (unpaired) electrons. The molecule has 1 unspecified atom stereocenters. The Hall–Kier alpha value is -3.15. The molecule has 1 atom stereocenters. The van der Waals surface area contributed by atoms with E-state index in [0.29, 0.717) is 19.3 Å². The normalized spacial score (nSPS) is 12.6. The first-order valence-electron chi connectivity index (χ1n) is 26.4. The van der Waals surface area contributed by atoms with Crippen molar-refractivity contribution in [2.24, 2.45) is 0 Å². The van der Waals surface area contributed by atoms with Gasteiger partial charge in [-0.15, -0.1) is 0 Å². The van der Waals surface area contributed by atoms with Crippen molar-refractivity contribution in [1.29, 1.82) is 0 Å². The third-order valence-electron chi connectivity index (χ3n) is 11.2. The molecule has 6 heteroatoms. The monoisotopic (exact) mass is 879 g/mol. The standard InChI is InChI=1S/C57H98O6/c1-4-7-10-13-16-19-22-25-27-28-30-32-35-38-41-44-47-50-56(59)62-53-54(52-61-55(58)49-46-43-40-37-34-31-24-21-18-15-12-9-6-3)63-57(60)51-48-45-42-39-36-33-29-26-23-20-17-14-11-8-5-2/h8-9,11-12,17-18,20-21,26,29,31,34,54H,4-7,10,13-16,19,22-25,27-28,30,32-33,35-53H2,1-3H3/b11-8-,12-9-,20-17-,21-18-,29-26-,34-31-. The zero-order valence-corrected chi connectivity index (χ0v) is 41.3. The lowest BCUT2D eigenvalue weighted by molar-refractivity contribution is -0.167. The molecule has 0 heterocycles. The Balaban J connectivity index is 4.41. The summed E-state index contributed by atoms with van der Waals surface area (Å²) in [4.78, 5) is 38.0. The predicted molar refractivity (Wildman–Crippen MR) is 270 cm³/mol. The van der Waals surface area contributed by atoms with E-state index in [1.54, 1.807) is 0 Å². The van der Waals surface area contributed by atoms with Gasteiger partial charge in [0.15, 0.2) is 6.10 Å². The molecule has 0 N–H and O–H groups in total. The van der Waals surface area contributed by atoms with Crippen LogP contribution in [0.15, 0.2) is 72.9 Å². The van der Waals surface area contributed by atoms with Gasteiger partial charge in [0, 0.05) is 19.3 Å². The van der Waals surface area contributed by atoms with E-state index >= 15 is 0 Å². The molecule has 0 aromatic carbocycles. The summed E-state index contributed by atoms with van der Waals surface area (Å²) >= 11 is 0. The van der Waals surface area contributed by atoms with Gasteiger partial charge in [-0.2, -0.15) is 0 Å². The van der Waals surface area contributed by atoms with Gasteiger partial charge < -0.3 is 14.2 Å². The largest absolute Gasteiger partial charge is 0.462 e. The van der Waals surface area contributed by atoms with Crippen LogP contribution in [-0.4, -0.2) is 37.2 Å². The number of rotatable bonds is 47. The van der Waals surface area contributed by atoms with Crippen LogP contribution in [-0.2, 0) is 28.6 Å². The van der Waals surface area contributed by atoms with E-state index in [0.717, 1.165) is 122 Å². The molecule has 0 saturated heterocycles. The maximum Gasteiger partial charge on any atom is 0.306 e. The molecule has 0 aliphatic rings. The smallest absolute Gasteiger partial charge is 0.306 e. The molecule has 0 aromatic rings. The summed E-state index contributed by atoms with van der Waals surface area (Å²) in [5.41, 5.74) is 0.